The van der Waals surface area contributed by atoms with Gasteiger partial charge in [0, 0.05) is 21.9 Å². The highest BCUT2D eigenvalue weighted by molar-refractivity contribution is 8.00. The molecule has 0 amide bonds. The first-order valence-corrected chi connectivity index (χ1v) is 8.69. The number of hydrogen-bond donors (Lipinski definition) is 1. The van der Waals surface area contributed by atoms with Gasteiger partial charge in [-0.3, -0.25) is 0 Å². The van der Waals surface area contributed by atoms with Crippen LogP contribution in [0.3, 0.4) is 0 Å². The lowest BCUT2D eigenvalue weighted by Crippen LogP contribution is -2.46. The quantitative estimate of drug-likeness (QED) is 0.912. The zero-order valence-corrected chi connectivity index (χ0v) is 13.7. The maximum Gasteiger partial charge on any atom is 0.114 e. The van der Waals surface area contributed by atoms with E-state index in [1.165, 1.54) is 22.0 Å². The maximum absolute atomic E-state index is 4.91. The second kappa shape index (κ2) is 5.51. The van der Waals surface area contributed by atoms with E-state index in [1.807, 2.05) is 11.3 Å². The highest BCUT2D eigenvalue weighted by atomic mass is 32.2. The second-order valence-electron chi connectivity index (χ2n) is 5.58. The van der Waals surface area contributed by atoms with Crippen molar-refractivity contribution in [2.75, 3.05) is 5.75 Å². The number of thiazole rings is 1. The fourth-order valence-corrected chi connectivity index (χ4v) is 5.28. The molecule has 0 aromatic carbocycles. The lowest BCUT2D eigenvalue weighted by Gasteiger charge is -2.30. The number of thioether (sulfide) groups is 1. The first kappa shape index (κ1) is 14.4. The average molecular weight is 284 g/mol. The Balaban J connectivity index is 2.33. The van der Waals surface area contributed by atoms with Gasteiger partial charge in [0.2, 0.25) is 0 Å². The summed E-state index contributed by atoms with van der Waals surface area (Å²) in [5, 5.41) is 5.83. The fraction of sp³-hybridized carbons (Fsp3) is 0.786. The summed E-state index contributed by atoms with van der Waals surface area (Å²) >= 11 is 3.96. The van der Waals surface area contributed by atoms with Gasteiger partial charge >= 0.3 is 0 Å². The molecule has 2 nitrogen and oxygen atoms in total. The molecule has 18 heavy (non-hydrogen) atoms. The molecule has 1 fully saturated rings. The Morgan fingerprint density at radius 3 is 2.67 bits per heavy atom. The molecule has 2 unspecified atom stereocenters. The molecule has 4 heteroatoms. The summed E-state index contributed by atoms with van der Waals surface area (Å²) in [4.78, 5) is 6.30. The van der Waals surface area contributed by atoms with Crippen molar-refractivity contribution in [1.29, 1.82) is 0 Å². The van der Waals surface area contributed by atoms with Gasteiger partial charge in [0.05, 0.1) is 11.2 Å². The molecule has 2 rings (SSSR count). The topological polar surface area (TPSA) is 24.9 Å². The largest absolute Gasteiger partial charge is 0.302 e. The van der Waals surface area contributed by atoms with Crippen LogP contribution in [0, 0.1) is 6.92 Å². The summed E-state index contributed by atoms with van der Waals surface area (Å²) < 4.78 is 0. The predicted octanol–water partition coefficient (Wildman–Crippen LogP) is 3.73. The van der Waals surface area contributed by atoms with Crippen LogP contribution in [0.15, 0.2) is 0 Å². The van der Waals surface area contributed by atoms with Crippen LogP contribution in [-0.2, 0) is 12.0 Å². The molecule has 1 saturated heterocycles. The predicted molar refractivity (Wildman–Crippen MR) is 82.7 cm³/mol. The Kier molecular flexibility index (Phi) is 4.40. The Morgan fingerprint density at radius 2 is 2.22 bits per heavy atom. The van der Waals surface area contributed by atoms with Crippen LogP contribution in [0.1, 0.15) is 49.7 Å². The summed E-state index contributed by atoms with van der Waals surface area (Å²) in [6.45, 7) is 11.2. The Hall–Kier alpha value is -0.0600. The van der Waals surface area contributed by atoms with Gasteiger partial charge in [-0.05, 0) is 33.6 Å². The number of hydrogen-bond acceptors (Lipinski definition) is 4. The van der Waals surface area contributed by atoms with Crippen molar-refractivity contribution in [2.24, 2.45) is 0 Å². The van der Waals surface area contributed by atoms with E-state index in [4.69, 9.17) is 4.98 Å². The Morgan fingerprint density at radius 1 is 1.50 bits per heavy atom. The molecule has 2 heterocycles. The van der Waals surface area contributed by atoms with Crippen LogP contribution in [-0.4, -0.2) is 22.0 Å². The number of rotatable bonds is 4. The molecule has 102 valence electrons. The van der Waals surface area contributed by atoms with Gasteiger partial charge in [-0.25, -0.2) is 4.98 Å². The number of aromatic nitrogens is 1. The monoisotopic (exact) mass is 284 g/mol. The summed E-state index contributed by atoms with van der Waals surface area (Å²) in [7, 11) is 0. The van der Waals surface area contributed by atoms with E-state index in [1.54, 1.807) is 0 Å². The molecular weight excluding hydrogens is 260 g/mol. The Labute approximate surface area is 119 Å². The van der Waals surface area contributed by atoms with Crippen LogP contribution >= 0.6 is 23.1 Å². The first-order chi connectivity index (χ1) is 8.47. The minimum absolute atomic E-state index is 0.112. The zero-order chi connectivity index (χ0) is 13.3. The second-order valence-corrected chi connectivity index (χ2v) is 8.21. The van der Waals surface area contributed by atoms with Gasteiger partial charge in [0.15, 0.2) is 0 Å². The Bertz CT molecular complexity index is 414. The van der Waals surface area contributed by atoms with Crippen molar-refractivity contribution in [3.05, 3.63) is 15.6 Å². The van der Waals surface area contributed by atoms with Gasteiger partial charge in [-0.15, -0.1) is 11.3 Å². The fourth-order valence-electron chi connectivity index (χ4n) is 2.72. The minimum Gasteiger partial charge on any atom is -0.302 e. The van der Waals surface area contributed by atoms with E-state index in [-0.39, 0.29) is 5.54 Å². The standard InChI is InChI=1S/C14H24N2S2/c1-6-12-11(5)18-13(15-12)14(16-9(2)3)7-10(4)17-8-14/h9-10,16H,6-8H2,1-5H3. The molecule has 0 aliphatic carbocycles. The van der Waals surface area contributed by atoms with E-state index >= 15 is 0 Å². The molecule has 0 spiro atoms. The molecule has 1 aliphatic heterocycles. The normalized spacial score (nSPS) is 28.2. The highest BCUT2D eigenvalue weighted by Gasteiger charge is 2.42. The summed E-state index contributed by atoms with van der Waals surface area (Å²) in [6, 6.07) is 0.505. The van der Waals surface area contributed by atoms with E-state index in [0.717, 1.165) is 17.4 Å². The van der Waals surface area contributed by atoms with Gasteiger partial charge in [0.1, 0.15) is 5.01 Å². The van der Waals surface area contributed by atoms with Crippen molar-refractivity contribution >= 4 is 23.1 Å². The van der Waals surface area contributed by atoms with Gasteiger partial charge in [-0.1, -0.05) is 13.8 Å². The van der Waals surface area contributed by atoms with Crippen molar-refractivity contribution in [3.8, 4) is 0 Å². The van der Waals surface area contributed by atoms with Gasteiger partial charge < -0.3 is 5.32 Å². The molecule has 1 aromatic rings. The number of nitrogens with zero attached hydrogens (tertiary/aromatic N) is 1. The molecule has 0 bridgehead atoms. The summed E-state index contributed by atoms with van der Waals surface area (Å²) in [5.41, 5.74) is 1.39. The third-order valence-corrected chi connectivity index (χ3v) is 6.06. The first-order valence-electron chi connectivity index (χ1n) is 6.83. The van der Waals surface area contributed by atoms with E-state index in [2.05, 4.69) is 51.7 Å². The maximum atomic E-state index is 4.91. The van der Waals surface area contributed by atoms with Gasteiger partial charge in [-0.2, -0.15) is 11.8 Å². The SMILES string of the molecule is CCc1nc(C2(NC(C)C)CSC(C)C2)sc1C. The van der Waals surface area contributed by atoms with Gasteiger partial charge in [0.25, 0.3) is 0 Å². The van der Waals surface area contributed by atoms with E-state index in [9.17, 15) is 0 Å². The van der Waals surface area contributed by atoms with Crippen molar-refractivity contribution in [3.63, 3.8) is 0 Å². The summed E-state index contributed by atoms with van der Waals surface area (Å²) in [5.74, 6) is 1.16. The van der Waals surface area contributed by atoms with Crippen LogP contribution < -0.4 is 5.32 Å². The molecule has 1 N–H and O–H groups in total. The molecule has 1 aliphatic rings. The molecule has 0 radical (unpaired) electrons. The zero-order valence-electron chi connectivity index (χ0n) is 12.0. The van der Waals surface area contributed by atoms with E-state index < -0.39 is 0 Å². The third kappa shape index (κ3) is 2.75. The molecule has 2 atom stereocenters. The average Bonchev–Trinajstić information content (AvgIpc) is 2.83. The smallest absolute Gasteiger partial charge is 0.114 e. The molecule has 1 aromatic heterocycles. The van der Waals surface area contributed by atoms with Crippen molar-refractivity contribution < 1.29 is 0 Å². The van der Waals surface area contributed by atoms with Crippen LogP contribution in [0.5, 0.6) is 0 Å². The van der Waals surface area contributed by atoms with Crippen LogP contribution in [0.25, 0.3) is 0 Å². The van der Waals surface area contributed by atoms with Crippen LogP contribution in [0.2, 0.25) is 0 Å². The molecular formula is C14H24N2S2. The van der Waals surface area contributed by atoms with Crippen LogP contribution in [0.4, 0.5) is 0 Å². The minimum atomic E-state index is 0.112. The number of aryl methyl sites for hydroxylation is 2. The highest BCUT2D eigenvalue weighted by Crippen LogP contribution is 2.43. The lowest BCUT2D eigenvalue weighted by molar-refractivity contribution is 0.330. The third-order valence-electron chi connectivity index (χ3n) is 3.45. The number of nitrogens with one attached hydrogen (secondary N) is 1. The summed E-state index contributed by atoms with van der Waals surface area (Å²) in [6.07, 6.45) is 2.24. The van der Waals surface area contributed by atoms with Crippen molar-refractivity contribution in [1.82, 2.24) is 10.3 Å². The lowest BCUT2D eigenvalue weighted by atomic mass is 9.96. The van der Waals surface area contributed by atoms with E-state index in [0.29, 0.717) is 6.04 Å². The van der Waals surface area contributed by atoms with Crippen molar-refractivity contribution in [2.45, 2.75) is 64.3 Å². The molecule has 0 saturated carbocycles.